The molecule has 1 aliphatic rings. The molecule has 0 aromatic heterocycles. The van der Waals surface area contributed by atoms with Gasteiger partial charge in [0.05, 0.1) is 10.8 Å². The molecule has 1 rings (SSSR count). The molecule has 0 saturated heterocycles. The summed E-state index contributed by atoms with van der Waals surface area (Å²) in [5, 5.41) is 22.2. The third-order valence-electron chi connectivity index (χ3n) is 2.26. The highest BCUT2D eigenvalue weighted by Gasteiger charge is 2.37. The van der Waals surface area contributed by atoms with Gasteiger partial charge in [-0.3, -0.25) is 15.0 Å². The van der Waals surface area contributed by atoms with Gasteiger partial charge in [-0.15, -0.1) is 0 Å². The molecule has 0 atom stereocenters. The van der Waals surface area contributed by atoms with Crippen molar-refractivity contribution in [3.8, 4) is 0 Å². The van der Waals surface area contributed by atoms with Crippen molar-refractivity contribution in [3.05, 3.63) is 34.0 Å². The Balaban J connectivity index is 3.33. The summed E-state index contributed by atoms with van der Waals surface area (Å²) in [6, 6.07) is -0.902. The molecule has 0 aliphatic carbocycles. The number of nitrogens with zero attached hydrogens (tertiary/aromatic N) is 3. The largest absolute Gasteiger partial charge is 0.855 e. The average molecular weight is 226 g/mol. The number of nitro groups is 1. The summed E-state index contributed by atoms with van der Waals surface area (Å²) in [5.41, 5.74) is -0.816. The highest BCUT2D eigenvalue weighted by Crippen LogP contribution is 2.26. The lowest BCUT2D eigenvalue weighted by Crippen LogP contribution is -2.51. The topological polar surface area (TPSA) is 89.7 Å². The molecular formula is C9H12N3O4-. The number of amides is 2. The van der Waals surface area contributed by atoms with E-state index in [9.17, 15) is 20.0 Å². The first-order valence-corrected chi connectivity index (χ1v) is 4.61. The minimum atomic E-state index is -0.933. The van der Waals surface area contributed by atoms with Crippen LogP contribution in [0.5, 0.6) is 0 Å². The maximum absolute atomic E-state index is 11.7. The number of hydrogen-bond acceptors (Lipinski definition) is 4. The number of carbonyl (C=O) groups excluding carboxylic acids is 1. The van der Waals surface area contributed by atoms with E-state index in [4.69, 9.17) is 0 Å². The zero-order valence-corrected chi connectivity index (χ0v) is 9.26. The van der Waals surface area contributed by atoms with Crippen LogP contribution in [0.15, 0.2) is 23.9 Å². The minimum Gasteiger partial charge on any atom is -0.855 e. The molecular weight excluding hydrogens is 214 g/mol. The van der Waals surface area contributed by atoms with E-state index in [1.54, 1.807) is 13.8 Å². The monoisotopic (exact) mass is 226 g/mol. The molecule has 0 unspecified atom stereocenters. The lowest BCUT2D eigenvalue weighted by molar-refractivity contribution is -0.446. The van der Waals surface area contributed by atoms with Gasteiger partial charge in [0, 0.05) is 13.1 Å². The average Bonchev–Trinajstić information content (AvgIpc) is 2.13. The van der Waals surface area contributed by atoms with E-state index >= 15 is 0 Å². The standard InChI is InChI=1S/C9H13N3O4/c1-5(2)11-6(3)7(12(15)16)8(13)10(4)9(11)14/h5,13H,3H2,1-2,4H3/p-1. The smallest absolute Gasteiger partial charge is 0.328 e. The van der Waals surface area contributed by atoms with E-state index in [2.05, 4.69) is 6.58 Å². The predicted molar refractivity (Wildman–Crippen MR) is 53.3 cm³/mol. The molecule has 1 heterocycles. The van der Waals surface area contributed by atoms with E-state index in [-0.39, 0.29) is 11.7 Å². The van der Waals surface area contributed by atoms with Gasteiger partial charge in [-0.2, -0.15) is 0 Å². The van der Waals surface area contributed by atoms with Gasteiger partial charge in [-0.25, -0.2) is 4.79 Å². The Bertz CT molecular complexity index is 400. The van der Waals surface area contributed by atoms with Crippen LogP contribution in [0.3, 0.4) is 0 Å². The molecule has 0 bridgehead atoms. The number of carbonyl (C=O) groups is 1. The first-order valence-electron chi connectivity index (χ1n) is 4.61. The zero-order valence-electron chi connectivity index (χ0n) is 9.26. The summed E-state index contributed by atoms with van der Waals surface area (Å²) < 4.78 is 0. The Morgan fingerprint density at radius 1 is 1.44 bits per heavy atom. The van der Waals surface area contributed by atoms with Crippen molar-refractivity contribution < 1.29 is 14.8 Å². The number of urea groups is 1. The third kappa shape index (κ3) is 1.60. The van der Waals surface area contributed by atoms with Crippen LogP contribution in [0, 0.1) is 10.1 Å². The van der Waals surface area contributed by atoms with Gasteiger partial charge in [0.1, 0.15) is 5.70 Å². The van der Waals surface area contributed by atoms with Crippen LogP contribution >= 0.6 is 0 Å². The fourth-order valence-electron chi connectivity index (χ4n) is 1.48. The third-order valence-corrected chi connectivity index (χ3v) is 2.26. The number of hydrogen-bond donors (Lipinski definition) is 0. The van der Waals surface area contributed by atoms with Crippen LogP contribution < -0.4 is 5.11 Å². The number of rotatable bonds is 2. The Morgan fingerprint density at radius 2 is 1.94 bits per heavy atom. The van der Waals surface area contributed by atoms with Crippen LogP contribution in [0.2, 0.25) is 0 Å². The maximum Gasteiger partial charge on any atom is 0.328 e. The van der Waals surface area contributed by atoms with E-state index in [1.807, 2.05) is 0 Å². The first kappa shape index (κ1) is 12.0. The van der Waals surface area contributed by atoms with Crippen LogP contribution in [0.1, 0.15) is 13.8 Å². The van der Waals surface area contributed by atoms with Crippen molar-refractivity contribution in [1.29, 1.82) is 0 Å². The van der Waals surface area contributed by atoms with E-state index in [0.717, 1.165) is 4.90 Å². The van der Waals surface area contributed by atoms with Crippen molar-refractivity contribution in [3.63, 3.8) is 0 Å². The Labute approximate surface area is 92.4 Å². The molecule has 0 aromatic carbocycles. The molecule has 0 N–H and O–H groups in total. The molecule has 7 heteroatoms. The van der Waals surface area contributed by atoms with Crippen molar-refractivity contribution in [2.45, 2.75) is 19.9 Å². The normalized spacial score (nSPS) is 17.5. The van der Waals surface area contributed by atoms with Crippen molar-refractivity contribution in [1.82, 2.24) is 9.80 Å². The van der Waals surface area contributed by atoms with Crippen LogP contribution in [-0.4, -0.2) is 33.8 Å². The van der Waals surface area contributed by atoms with Gasteiger partial charge >= 0.3 is 11.7 Å². The Kier molecular flexibility index (Phi) is 2.88. The van der Waals surface area contributed by atoms with Gasteiger partial charge in [-0.1, -0.05) is 6.58 Å². The lowest BCUT2D eigenvalue weighted by Gasteiger charge is -2.38. The van der Waals surface area contributed by atoms with Crippen LogP contribution in [0.25, 0.3) is 0 Å². The molecule has 7 nitrogen and oxygen atoms in total. The highest BCUT2D eigenvalue weighted by molar-refractivity contribution is 5.80. The molecule has 88 valence electrons. The van der Waals surface area contributed by atoms with Crippen LogP contribution in [-0.2, 0) is 0 Å². The van der Waals surface area contributed by atoms with Gasteiger partial charge < -0.3 is 10.0 Å². The van der Waals surface area contributed by atoms with Gasteiger partial charge in [0.2, 0.25) is 0 Å². The fourth-order valence-corrected chi connectivity index (χ4v) is 1.48. The van der Waals surface area contributed by atoms with Gasteiger partial charge in [-0.05, 0) is 13.8 Å². The van der Waals surface area contributed by atoms with Crippen LogP contribution in [0.4, 0.5) is 4.79 Å². The van der Waals surface area contributed by atoms with Crippen molar-refractivity contribution >= 4 is 6.03 Å². The summed E-state index contributed by atoms with van der Waals surface area (Å²) >= 11 is 0. The molecule has 0 aromatic rings. The van der Waals surface area contributed by atoms with E-state index < -0.39 is 22.5 Å². The molecule has 2 amide bonds. The maximum atomic E-state index is 11.7. The Morgan fingerprint density at radius 3 is 2.31 bits per heavy atom. The summed E-state index contributed by atoms with van der Waals surface area (Å²) in [4.78, 5) is 23.4. The van der Waals surface area contributed by atoms with E-state index in [1.165, 1.54) is 7.05 Å². The molecule has 0 saturated carbocycles. The van der Waals surface area contributed by atoms with Gasteiger partial charge in [0.15, 0.2) is 0 Å². The van der Waals surface area contributed by atoms with Crippen molar-refractivity contribution in [2.75, 3.05) is 7.05 Å². The fraction of sp³-hybridized carbons (Fsp3) is 0.444. The molecule has 0 radical (unpaired) electrons. The second-order valence-corrected chi connectivity index (χ2v) is 3.66. The molecule has 0 fully saturated rings. The SMILES string of the molecule is C=C1C([N+](=O)[O-])=C([O-])N(C)C(=O)N1C(C)C. The molecule has 16 heavy (non-hydrogen) atoms. The Hall–Kier alpha value is -2.05. The summed E-state index contributed by atoms with van der Waals surface area (Å²) in [5.74, 6) is -0.933. The summed E-state index contributed by atoms with van der Waals surface area (Å²) in [6.07, 6.45) is 0. The summed E-state index contributed by atoms with van der Waals surface area (Å²) in [6.45, 7) is 6.80. The second kappa shape index (κ2) is 3.84. The van der Waals surface area contributed by atoms with E-state index in [0.29, 0.717) is 4.90 Å². The molecule has 0 spiro atoms. The summed E-state index contributed by atoms with van der Waals surface area (Å²) in [7, 11) is 1.20. The predicted octanol–water partition coefficient (Wildman–Crippen LogP) is 0.0820. The highest BCUT2D eigenvalue weighted by atomic mass is 16.6. The van der Waals surface area contributed by atoms with Gasteiger partial charge in [0.25, 0.3) is 0 Å². The second-order valence-electron chi connectivity index (χ2n) is 3.66. The first-order chi connectivity index (χ1) is 7.29. The van der Waals surface area contributed by atoms with Crippen molar-refractivity contribution in [2.24, 2.45) is 0 Å². The molecule has 1 aliphatic heterocycles. The minimum absolute atomic E-state index is 0.159. The zero-order chi connectivity index (χ0) is 12.6. The quantitative estimate of drug-likeness (QED) is 0.492. The lowest BCUT2D eigenvalue weighted by atomic mass is 10.2.